The smallest absolute Gasteiger partial charge is 0.411 e. The Bertz CT molecular complexity index is 1220. The molecule has 2 aromatic carbocycles. The van der Waals surface area contributed by atoms with Crippen LogP contribution in [0.4, 0.5) is 4.79 Å². The Morgan fingerprint density at radius 1 is 1.03 bits per heavy atom. The van der Waals surface area contributed by atoms with Gasteiger partial charge in [0.1, 0.15) is 6.10 Å². The van der Waals surface area contributed by atoms with Crippen LogP contribution in [0.2, 0.25) is 0 Å². The summed E-state index contributed by atoms with van der Waals surface area (Å²) in [6, 6.07) is 17.5. The maximum atomic E-state index is 12.7. The van der Waals surface area contributed by atoms with E-state index in [1.54, 1.807) is 12.1 Å². The van der Waals surface area contributed by atoms with Crippen LogP contribution in [-0.2, 0) is 4.74 Å². The van der Waals surface area contributed by atoms with Gasteiger partial charge in [-0.2, -0.15) is 5.26 Å². The van der Waals surface area contributed by atoms with Crippen LogP contribution in [0, 0.1) is 11.3 Å². The van der Waals surface area contributed by atoms with Gasteiger partial charge in [-0.05, 0) is 56.4 Å². The molecule has 1 aliphatic heterocycles. The number of nitrogens with zero attached hydrogens (tertiary/aromatic N) is 3. The lowest BCUT2D eigenvalue weighted by Crippen LogP contribution is -2.41. The fourth-order valence-corrected chi connectivity index (χ4v) is 5.24. The molecule has 3 aromatic rings. The van der Waals surface area contributed by atoms with Gasteiger partial charge in [-0.1, -0.05) is 30.3 Å². The van der Waals surface area contributed by atoms with Crippen molar-refractivity contribution in [1.82, 2.24) is 14.5 Å². The number of nitrogens with one attached hydrogen (secondary N) is 1. The number of aromatic amines is 1. The molecule has 1 aromatic heterocycles. The first-order chi connectivity index (χ1) is 15.1. The molecule has 2 heterocycles. The van der Waals surface area contributed by atoms with Crippen molar-refractivity contribution < 1.29 is 9.53 Å². The maximum absolute atomic E-state index is 12.7. The quantitative estimate of drug-likeness (QED) is 0.690. The lowest BCUT2D eigenvalue weighted by molar-refractivity contribution is 0.121. The summed E-state index contributed by atoms with van der Waals surface area (Å²) in [5.74, 6) is 0. The van der Waals surface area contributed by atoms with Crippen molar-refractivity contribution in [2.24, 2.45) is 0 Å². The van der Waals surface area contributed by atoms with Crippen molar-refractivity contribution in [3.05, 3.63) is 70.1 Å². The molecule has 158 valence electrons. The van der Waals surface area contributed by atoms with E-state index in [0.29, 0.717) is 11.1 Å². The Morgan fingerprint density at radius 3 is 2.45 bits per heavy atom. The van der Waals surface area contributed by atoms with Gasteiger partial charge in [-0.25, -0.2) is 9.59 Å². The molecule has 5 rings (SSSR count). The number of nitriles is 1. The molecule has 0 radical (unpaired) electrons. The highest BCUT2D eigenvalue weighted by molar-refractivity contribution is 5.77. The summed E-state index contributed by atoms with van der Waals surface area (Å²) in [6.45, 7) is 1.95. The zero-order valence-corrected chi connectivity index (χ0v) is 17.3. The lowest BCUT2D eigenvalue weighted by Gasteiger charge is -2.37. The number of carbonyl (C=O) groups is 1. The minimum Gasteiger partial charge on any atom is -0.444 e. The van der Waals surface area contributed by atoms with Gasteiger partial charge in [-0.3, -0.25) is 9.47 Å². The van der Waals surface area contributed by atoms with E-state index in [1.165, 1.54) is 0 Å². The summed E-state index contributed by atoms with van der Waals surface area (Å²) in [7, 11) is 0. The number of amides is 1. The van der Waals surface area contributed by atoms with E-state index in [9.17, 15) is 9.59 Å². The van der Waals surface area contributed by atoms with Crippen molar-refractivity contribution in [2.45, 2.75) is 56.8 Å². The van der Waals surface area contributed by atoms with Crippen LogP contribution in [0.5, 0.6) is 0 Å². The third kappa shape index (κ3) is 3.28. The molecular formula is C24H24N4O3. The molecule has 1 amide bonds. The number of aromatic nitrogens is 2. The number of hydrogen-bond donors (Lipinski definition) is 1. The molecule has 1 saturated carbocycles. The number of fused-ring (bicyclic) bond motifs is 1. The second kappa shape index (κ2) is 7.62. The summed E-state index contributed by atoms with van der Waals surface area (Å²) in [4.78, 5) is 30.1. The van der Waals surface area contributed by atoms with Gasteiger partial charge in [0.25, 0.3) is 0 Å². The van der Waals surface area contributed by atoms with E-state index in [2.05, 4.69) is 11.1 Å². The molecular weight excluding hydrogens is 392 g/mol. The molecule has 2 aliphatic rings. The number of rotatable bonds is 3. The number of imidazole rings is 1. The SMILES string of the molecule is CC1OC(=O)N(C2CCC(n3c(=O)[nH]c4cc(C#N)ccc43)CC2)C1c1ccccc1. The third-order valence-corrected chi connectivity index (χ3v) is 6.65. The lowest BCUT2D eigenvalue weighted by atomic mass is 9.88. The molecule has 1 saturated heterocycles. The molecule has 7 heteroatoms. The Morgan fingerprint density at radius 2 is 1.74 bits per heavy atom. The third-order valence-electron chi connectivity index (χ3n) is 6.65. The van der Waals surface area contributed by atoms with Gasteiger partial charge in [0, 0.05) is 12.1 Å². The highest BCUT2D eigenvalue weighted by Crippen LogP contribution is 2.40. The van der Waals surface area contributed by atoms with Gasteiger partial charge in [0.15, 0.2) is 0 Å². The summed E-state index contributed by atoms with van der Waals surface area (Å²) in [5.41, 5.74) is 2.98. The van der Waals surface area contributed by atoms with Crippen LogP contribution in [0.1, 0.15) is 55.8 Å². The molecule has 2 atom stereocenters. The Balaban J connectivity index is 1.38. The standard InChI is InChI=1S/C24H24N4O3/c1-15-22(17-5-3-2-4-6-17)28(24(30)31-15)19-10-8-18(9-11-19)27-21-12-7-16(14-25)13-20(21)26-23(27)29/h2-7,12-13,15,18-19,22H,8-11H2,1H3,(H,26,29). The second-order valence-corrected chi connectivity index (χ2v) is 8.46. The van der Waals surface area contributed by atoms with Gasteiger partial charge < -0.3 is 9.72 Å². The summed E-state index contributed by atoms with van der Waals surface area (Å²) >= 11 is 0. The first-order valence-corrected chi connectivity index (χ1v) is 10.7. The van der Waals surface area contributed by atoms with Crippen molar-refractivity contribution in [3.63, 3.8) is 0 Å². The molecule has 1 aliphatic carbocycles. The van der Waals surface area contributed by atoms with Crippen LogP contribution in [0.25, 0.3) is 11.0 Å². The fraction of sp³-hybridized carbons (Fsp3) is 0.375. The van der Waals surface area contributed by atoms with E-state index in [-0.39, 0.29) is 36.0 Å². The minimum atomic E-state index is -0.252. The fourth-order valence-electron chi connectivity index (χ4n) is 5.24. The molecule has 7 nitrogen and oxygen atoms in total. The van der Waals surface area contributed by atoms with Crippen molar-refractivity contribution in [1.29, 1.82) is 5.26 Å². The number of ether oxygens (including phenoxy) is 1. The Kier molecular flexibility index (Phi) is 4.78. The number of hydrogen-bond acceptors (Lipinski definition) is 4. The van der Waals surface area contributed by atoms with Gasteiger partial charge in [0.05, 0.1) is 28.7 Å². The Hall–Kier alpha value is -3.53. The van der Waals surface area contributed by atoms with Crippen LogP contribution in [-0.4, -0.2) is 32.7 Å². The highest BCUT2D eigenvalue weighted by Gasteiger charge is 2.44. The monoisotopic (exact) mass is 416 g/mol. The molecule has 2 fully saturated rings. The van der Waals surface area contributed by atoms with Crippen LogP contribution >= 0.6 is 0 Å². The average molecular weight is 416 g/mol. The highest BCUT2D eigenvalue weighted by atomic mass is 16.6. The van der Waals surface area contributed by atoms with Crippen molar-refractivity contribution in [2.75, 3.05) is 0 Å². The normalized spacial score (nSPS) is 26.1. The van der Waals surface area contributed by atoms with E-state index in [4.69, 9.17) is 10.00 Å². The van der Waals surface area contributed by atoms with Gasteiger partial charge in [0.2, 0.25) is 0 Å². The molecule has 0 bridgehead atoms. The molecule has 2 unspecified atom stereocenters. The predicted octanol–water partition coefficient (Wildman–Crippen LogP) is 4.27. The first kappa shape index (κ1) is 19.4. The maximum Gasteiger partial charge on any atom is 0.411 e. The minimum absolute atomic E-state index is 0.0663. The van der Waals surface area contributed by atoms with E-state index in [1.807, 2.05) is 52.8 Å². The predicted molar refractivity (Wildman–Crippen MR) is 116 cm³/mol. The second-order valence-electron chi connectivity index (χ2n) is 8.46. The van der Waals surface area contributed by atoms with Crippen molar-refractivity contribution >= 4 is 17.1 Å². The van der Waals surface area contributed by atoms with Crippen LogP contribution < -0.4 is 5.69 Å². The summed E-state index contributed by atoms with van der Waals surface area (Å²) in [6.07, 6.45) is 2.78. The van der Waals surface area contributed by atoms with E-state index < -0.39 is 0 Å². The topological polar surface area (TPSA) is 91.1 Å². The number of H-pyrrole nitrogens is 1. The zero-order valence-electron chi connectivity index (χ0n) is 17.3. The van der Waals surface area contributed by atoms with Crippen LogP contribution in [0.15, 0.2) is 53.3 Å². The first-order valence-electron chi connectivity index (χ1n) is 10.7. The number of benzene rings is 2. The van der Waals surface area contributed by atoms with Crippen molar-refractivity contribution in [3.8, 4) is 6.07 Å². The molecule has 0 spiro atoms. The van der Waals surface area contributed by atoms with E-state index >= 15 is 0 Å². The summed E-state index contributed by atoms with van der Waals surface area (Å²) in [5, 5.41) is 9.11. The Labute approximate surface area is 179 Å². The number of carbonyl (C=O) groups excluding carboxylic acids is 1. The number of cyclic esters (lactones) is 1. The summed E-state index contributed by atoms with van der Waals surface area (Å²) < 4.78 is 7.40. The van der Waals surface area contributed by atoms with Gasteiger partial charge >= 0.3 is 11.8 Å². The molecule has 1 N–H and O–H groups in total. The van der Waals surface area contributed by atoms with Crippen LogP contribution in [0.3, 0.4) is 0 Å². The average Bonchev–Trinajstić information content (AvgIpc) is 3.28. The van der Waals surface area contributed by atoms with Gasteiger partial charge in [-0.15, -0.1) is 0 Å². The van der Waals surface area contributed by atoms with E-state index in [0.717, 1.165) is 36.8 Å². The largest absolute Gasteiger partial charge is 0.444 e. The zero-order chi connectivity index (χ0) is 21.5. The molecule has 31 heavy (non-hydrogen) atoms.